The van der Waals surface area contributed by atoms with Gasteiger partial charge in [0.05, 0.1) is 12.7 Å². The zero-order valence-corrected chi connectivity index (χ0v) is 12.0. The topological polar surface area (TPSA) is 50.4 Å². The molecule has 106 valence electrons. The van der Waals surface area contributed by atoms with Crippen molar-refractivity contribution in [3.63, 3.8) is 0 Å². The molecule has 1 fully saturated rings. The van der Waals surface area contributed by atoms with E-state index in [9.17, 15) is 4.79 Å². The predicted molar refractivity (Wildman–Crippen MR) is 73.5 cm³/mol. The largest absolute Gasteiger partial charge is 0.378 e. The molecule has 1 amide bonds. The van der Waals surface area contributed by atoms with Crippen LogP contribution in [0, 0.1) is 5.92 Å². The molecule has 0 saturated carbocycles. The highest BCUT2D eigenvalue weighted by atomic mass is 16.5. The summed E-state index contributed by atoms with van der Waals surface area (Å²) in [5, 5.41) is 6.34. The molecule has 0 aromatic carbocycles. The van der Waals surface area contributed by atoms with E-state index in [4.69, 9.17) is 4.74 Å². The van der Waals surface area contributed by atoms with Crippen molar-refractivity contribution in [3.8, 4) is 0 Å². The lowest BCUT2D eigenvalue weighted by Gasteiger charge is -2.24. The maximum atomic E-state index is 11.7. The number of nitrogens with one attached hydrogen (secondary N) is 2. The Bertz CT molecular complexity index is 238. The van der Waals surface area contributed by atoms with E-state index in [1.54, 1.807) is 0 Å². The lowest BCUT2D eigenvalue weighted by atomic mass is 10.1. The van der Waals surface area contributed by atoms with E-state index in [0.717, 1.165) is 32.4 Å². The molecule has 2 unspecified atom stereocenters. The summed E-state index contributed by atoms with van der Waals surface area (Å²) in [4.78, 5) is 11.7. The quantitative estimate of drug-likeness (QED) is 0.729. The van der Waals surface area contributed by atoms with Crippen LogP contribution in [0.5, 0.6) is 0 Å². The van der Waals surface area contributed by atoms with Gasteiger partial charge in [0.25, 0.3) is 0 Å². The van der Waals surface area contributed by atoms with Crippen LogP contribution in [0.3, 0.4) is 0 Å². The molecule has 1 saturated heterocycles. The molecule has 4 nitrogen and oxygen atoms in total. The highest BCUT2D eigenvalue weighted by Crippen LogP contribution is 2.07. The first-order chi connectivity index (χ1) is 8.58. The second-order valence-electron chi connectivity index (χ2n) is 5.67. The molecule has 0 radical (unpaired) electrons. The Morgan fingerprint density at radius 3 is 2.83 bits per heavy atom. The van der Waals surface area contributed by atoms with Gasteiger partial charge in [-0.1, -0.05) is 13.8 Å². The summed E-state index contributed by atoms with van der Waals surface area (Å²) < 4.78 is 5.64. The molecule has 0 spiro atoms. The first-order valence-corrected chi connectivity index (χ1v) is 7.19. The van der Waals surface area contributed by atoms with Gasteiger partial charge in [-0.3, -0.25) is 4.79 Å². The molecule has 1 aliphatic heterocycles. The Labute approximate surface area is 111 Å². The summed E-state index contributed by atoms with van der Waals surface area (Å²) in [6, 6.07) is 0.305. The summed E-state index contributed by atoms with van der Waals surface area (Å²) in [5.74, 6) is 0.752. The van der Waals surface area contributed by atoms with Gasteiger partial charge in [0.15, 0.2) is 0 Å². The van der Waals surface area contributed by atoms with Crippen LogP contribution in [0.1, 0.15) is 46.5 Å². The molecule has 0 bridgehead atoms. The van der Waals surface area contributed by atoms with Crippen LogP contribution in [-0.2, 0) is 9.53 Å². The maximum absolute atomic E-state index is 11.7. The molecule has 2 N–H and O–H groups in total. The zero-order valence-electron chi connectivity index (χ0n) is 12.0. The van der Waals surface area contributed by atoms with E-state index in [2.05, 4.69) is 31.4 Å². The number of carbonyl (C=O) groups is 1. The maximum Gasteiger partial charge on any atom is 0.222 e. The monoisotopic (exact) mass is 256 g/mol. The summed E-state index contributed by atoms with van der Waals surface area (Å²) in [6.07, 6.45) is 4.00. The van der Waals surface area contributed by atoms with E-state index in [-0.39, 0.29) is 12.0 Å². The Morgan fingerprint density at radius 1 is 1.44 bits per heavy atom. The van der Waals surface area contributed by atoms with Gasteiger partial charge in [-0.2, -0.15) is 0 Å². The number of ether oxygens (including phenoxy) is 1. The van der Waals surface area contributed by atoms with Crippen LogP contribution < -0.4 is 10.6 Å². The summed E-state index contributed by atoms with van der Waals surface area (Å²) in [7, 11) is 0. The van der Waals surface area contributed by atoms with Crippen molar-refractivity contribution in [2.45, 2.75) is 58.6 Å². The smallest absolute Gasteiger partial charge is 0.222 e. The number of rotatable bonds is 7. The molecule has 1 rings (SSSR count). The van der Waals surface area contributed by atoms with Crippen molar-refractivity contribution < 1.29 is 9.53 Å². The van der Waals surface area contributed by atoms with Crippen molar-refractivity contribution in [2.24, 2.45) is 5.92 Å². The van der Waals surface area contributed by atoms with Gasteiger partial charge in [0.2, 0.25) is 5.91 Å². The van der Waals surface area contributed by atoms with Crippen molar-refractivity contribution in [2.75, 3.05) is 19.7 Å². The molecule has 4 heteroatoms. The van der Waals surface area contributed by atoms with E-state index in [0.29, 0.717) is 25.0 Å². The second kappa shape index (κ2) is 8.48. The Kier molecular flexibility index (Phi) is 7.28. The third-order valence-corrected chi connectivity index (χ3v) is 3.20. The van der Waals surface area contributed by atoms with Crippen LogP contribution in [0.4, 0.5) is 0 Å². The normalized spacial score (nSPS) is 21.9. The van der Waals surface area contributed by atoms with Gasteiger partial charge in [-0.15, -0.1) is 0 Å². The van der Waals surface area contributed by atoms with Gasteiger partial charge in [0, 0.05) is 19.0 Å². The Morgan fingerprint density at radius 2 is 2.22 bits per heavy atom. The predicted octanol–water partition coefficient (Wildman–Crippen LogP) is 1.70. The van der Waals surface area contributed by atoms with Gasteiger partial charge < -0.3 is 15.4 Å². The fourth-order valence-electron chi connectivity index (χ4n) is 2.36. The van der Waals surface area contributed by atoms with Crippen molar-refractivity contribution in [3.05, 3.63) is 0 Å². The molecule has 18 heavy (non-hydrogen) atoms. The second-order valence-corrected chi connectivity index (χ2v) is 5.67. The van der Waals surface area contributed by atoms with E-state index < -0.39 is 0 Å². The fraction of sp³-hybridized carbons (Fsp3) is 0.929. The average molecular weight is 256 g/mol. The molecule has 1 heterocycles. The first kappa shape index (κ1) is 15.4. The minimum atomic E-state index is 0.112. The van der Waals surface area contributed by atoms with Gasteiger partial charge in [-0.05, 0) is 38.6 Å². The molecule has 0 aromatic heterocycles. The third-order valence-electron chi connectivity index (χ3n) is 3.20. The molecule has 0 aliphatic carbocycles. The minimum Gasteiger partial charge on any atom is -0.378 e. The molecule has 2 atom stereocenters. The lowest BCUT2D eigenvalue weighted by Crippen LogP contribution is -2.45. The average Bonchev–Trinajstić information content (AvgIpc) is 2.29. The lowest BCUT2D eigenvalue weighted by molar-refractivity contribution is -0.123. The number of amides is 1. The number of hydrogen-bond donors (Lipinski definition) is 2. The number of hydrogen-bond acceptors (Lipinski definition) is 3. The van der Waals surface area contributed by atoms with Crippen LogP contribution in [0.15, 0.2) is 0 Å². The molecule has 1 aliphatic rings. The van der Waals surface area contributed by atoms with E-state index in [1.807, 2.05) is 0 Å². The minimum absolute atomic E-state index is 0.112. The third kappa shape index (κ3) is 6.97. The first-order valence-electron chi connectivity index (χ1n) is 7.19. The van der Waals surface area contributed by atoms with E-state index in [1.165, 1.54) is 0 Å². The van der Waals surface area contributed by atoms with Crippen molar-refractivity contribution in [1.29, 1.82) is 0 Å². The van der Waals surface area contributed by atoms with E-state index >= 15 is 0 Å². The number of carbonyl (C=O) groups excluding carboxylic acids is 1. The van der Waals surface area contributed by atoms with Crippen LogP contribution >= 0.6 is 0 Å². The molecular weight excluding hydrogens is 228 g/mol. The van der Waals surface area contributed by atoms with Crippen molar-refractivity contribution >= 4 is 5.91 Å². The van der Waals surface area contributed by atoms with Crippen LogP contribution in [0.2, 0.25) is 0 Å². The molecule has 0 aromatic rings. The van der Waals surface area contributed by atoms with Gasteiger partial charge >= 0.3 is 0 Å². The Balaban J connectivity index is 2.05. The summed E-state index contributed by atoms with van der Waals surface area (Å²) >= 11 is 0. The summed E-state index contributed by atoms with van der Waals surface area (Å²) in [6.45, 7) is 8.94. The van der Waals surface area contributed by atoms with Crippen LogP contribution in [-0.4, -0.2) is 37.7 Å². The van der Waals surface area contributed by atoms with Crippen LogP contribution in [0.25, 0.3) is 0 Å². The summed E-state index contributed by atoms with van der Waals surface area (Å²) in [5.41, 5.74) is 0. The van der Waals surface area contributed by atoms with Crippen molar-refractivity contribution in [1.82, 2.24) is 10.6 Å². The standard InChI is InChI=1S/C14H28N2O2/c1-11(2)9-12(3)18-8-6-14(17)16-13-5-4-7-15-10-13/h11-13,15H,4-10H2,1-3H3,(H,16,17). The fourth-order valence-corrected chi connectivity index (χ4v) is 2.36. The highest BCUT2D eigenvalue weighted by Gasteiger charge is 2.15. The molecular formula is C14H28N2O2. The Hall–Kier alpha value is -0.610. The SMILES string of the molecule is CC(C)CC(C)OCCC(=O)NC1CCCNC1. The van der Waals surface area contributed by atoms with Gasteiger partial charge in [-0.25, -0.2) is 0 Å². The zero-order chi connectivity index (χ0) is 13.4. The highest BCUT2D eigenvalue weighted by molar-refractivity contribution is 5.76. The number of piperidine rings is 1. The van der Waals surface area contributed by atoms with Gasteiger partial charge in [0.1, 0.15) is 0 Å².